The fourth-order valence-electron chi connectivity index (χ4n) is 4.31. The summed E-state index contributed by atoms with van der Waals surface area (Å²) in [4.78, 5) is 29.7. The molecule has 1 aliphatic heterocycles. The number of hydrogen-bond acceptors (Lipinski definition) is 3. The Kier molecular flexibility index (Phi) is 7.13. The molecule has 0 spiro atoms. The molecule has 27 heavy (non-hydrogen) atoms. The molecule has 1 atom stereocenters. The maximum Gasteiger partial charge on any atom is 0.255 e. The van der Waals surface area contributed by atoms with Gasteiger partial charge in [-0.2, -0.15) is 0 Å². The highest BCUT2D eigenvalue weighted by Gasteiger charge is 2.37. The lowest BCUT2D eigenvalue weighted by molar-refractivity contribution is -0.129. The van der Waals surface area contributed by atoms with Crippen LogP contribution in [0, 0.1) is 5.92 Å². The van der Waals surface area contributed by atoms with Crippen LogP contribution < -0.4 is 5.32 Å². The Hall–Kier alpha value is -1.59. The molecule has 0 radical (unpaired) electrons. The van der Waals surface area contributed by atoms with Gasteiger partial charge in [0.05, 0.1) is 16.6 Å². The summed E-state index contributed by atoms with van der Waals surface area (Å²) in [6.07, 6.45) is 5.63. The molecule has 2 amide bonds. The molecule has 5 nitrogen and oxygen atoms in total. The molecular weight excluding hydrogens is 362 g/mol. The van der Waals surface area contributed by atoms with Crippen molar-refractivity contribution >= 4 is 23.4 Å². The van der Waals surface area contributed by atoms with Crippen molar-refractivity contribution in [3.05, 3.63) is 34.9 Å². The second kappa shape index (κ2) is 9.56. The first-order valence-corrected chi connectivity index (χ1v) is 10.5. The topological polar surface area (TPSA) is 52.7 Å². The van der Waals surface area contributed by atoms with E-state index in [1.165, 1.54) is 12.8 Å². The summed E-state index contributed by atoms with van der Waals surface area (Å²) in [5.41, 5.74) is 0.556. The normalized spacial score (nSPS) is 19.9. The molecule has 2 aliphatic rings. The zero-order chi connectivity index (χ0) is 19.2. The molecule has 0 bridgehead atoms. The molecule has 1 saturated carbocycles. The van der Waals surface area contributed by atoms with Gasteiger partial charge in [0, 0.05) is 32.7 Å². The predicted octanol–water partition coefficient (Wildman–Crippen LogP) is 3.18. The number of halogens is 1. The van der Waals surface area contributed by atoms with Gasteiger partial charge in [-0.15, -0.1) is 0 Å². The summed E-state index contributed by atoms with van der Waals surface area (Å²) < 4.78 is 0. The Bertz CT molecular complexity index is 653. The molecule has 1 saturated heterocycles. The molecular formula is C21H30ClN3O2. The van der Waals surface area contributed by atoms with Gasteiger partial charge in [0.15, 0.2) is 0 Å². The van der Waals surface area contributed by atoms with Crippen LogP contribution in [-0.4, -0.2) is 60.4 Å². The molecule has 1 N–H and O–H groups in total. The lowest BCUT2D eigenvalue weighted by atomic mass is 9.95. The van der Waals surface area contributed by atoms with E-state index in [-0.39, 0.29) is 17.9 Å². The van der Waals surface area contributed by atoms with Crippen molar-refractivity contribution in [2.24, 2.45) is 5.92 Å². The Morgan fingerprint density at radius 2 is 1.81 bits per heavy atom. The number of hydrogen-bond donors (Lipinski definition) is 1. The summed E-state index contributed by atoms with van der Waals surface area (Å²) in [6.45, 7) is 5.54. The van der Waals surface area contributed by atoms with Crippen molar-refractivity contribution in [1.29, 1.82) is 0 Å². The van der Waals surface area contributed by atoms with Crippen molar-refractivity contribution in [2.75, 3.05) is 32.7 Å². The summed E-state index contributed by atoms with van der Waals surface area (Å²) in [5.74, 6) is 0.579. The third-order valence-electron chi connectivity index (χ3n) is 5.76. The van der Waals surface area contributed by atoms with Gasteiger partial charge in [0.25, 0.3) is 5.91 Å². The van der Waals surface area contributed by atoms with Crippen LogP contribution in [0.5, 0.6) is 0 Å². The number of amides is 2. The lowest BCUT2D eigenvalue weighted by Crippen LogP contribution is -2.58. The van der Waals surface area contributed by atoms with Gasteiger partial charge in [-0.1, -0.05) is 43.5 Å². The van der Waals surface area contributed by atoms with Gasteiger partial charge in [0.1, 0.15) is 0 Å². The van der Waals surface area contributed by atoms with Crippen LogP contribution in [0.15, 0.2) is 24.3 Å². The number of nitrogens with one attached hydrogen (secondary N) is 1. The molecule has 1 aromatic carbocycles. The van der Waals surface area contributed by atoms with E-state index in [9.17, 15) is 9.59 Å². The van der Waals surface area contributed by atoms with Crippen molar-refractivity contribution in [3.63, 3.8) is 0 Å². The molecule has 3 rings (SSSR count). The molecule has 0 aromatic heterocycles. The van der Waals surface area contributed by atoms with Crippen LogP contribution >= 0.6 is 11.6 Å². The molecule has 1 aliphatic carbocycles. The van der Waals surface area contributed by atoms with Crippen molar-refractivity contribution in [1.82, 2.24) is 15.1 Å². The molecule has 1 aromatic rings. The number of piperazine rings is 1. The highest BCUT2D eigenvalue weighted by Crippen LogP contribution is 2.31. The van der Waals surface area contributed by atoms with E-state index in [1.807, 2.05) is 17.0 Å². The first-order valence-electron chi connectivity index (χ1n) is 10.2. The smallest absolute Gasteiger partial charge is 0.255 e. The zero-order valence-corrected chi connectivity index (χ0v) is 16.9. The first kappa shape index (κ1) is 20.2. The Labute approximate surface area is 167 Å². The largest absolute Gasteiger partial charge is 0.355 e. The van der Waals surface area contributed by atoms with Crippen LogP contribution in [0.2, 0.25) is 5.02 Å². The maximum atomic E-state index is 12.8. The highest BCUT2D eigenvalue weighted by atomic mass is 35.5. The zero-order valence-electron chi connectivity index (χ0n) is 16.1. The minimum Gasteiger partial charge on any atom is -0.355 e. The standard InChI is InChI=1S/C21H30ClN3O2/c1-2-11-23-20(26)19(16-7-3-4-8-16)24-12-14-25(15-13-24)21(27)17-9-5-6-10-18(17)22/h5-6,9-10,16,19H,2-4,7-8,11-15H2,1H3,(H,23,26)/t19-/m1/s1. The number of nitrogens with zero attached hydrogens (tertiary/aromatic N) is 2. The van der Waals surface area contributed by atoms with E-state index >= 15 is 0 Å². The van der Waals surface area contributed by atoms with Crippen LogP contribution in [0.3, 0.4) is 0 Å². The Morgan fingerprint density at radius 1 is 1.15 bits per heavy atom. The van der Waals surface area contributed by atoms with Crippen LogP contribution in [0.1, 0.15) is 49.4 Å². The van der Waals surface area contributed by atoms with Crippen LogP contribution in [0.4, 0.5) is 0 Å². The molecule has 0 unspecified atom stereocenters. The summed E-state index contributed by atoms with van der Waals surface area (Å²) >= 11 is 6.18. The average molecular weight is 392 g/mol. The highest BCUT2D eigenvalue weighted by molar-refractivity contribution is 6.33. The van der Waals surface area contributed by atoms with Gasteiger partial charge < -0.3 is 10.2 Å². The second-order valence-corrected chi connectivity index (χ2v) is 8.00. The monoisotopic (exact) mass is 391 g/mol. The fraction of sp³-hybridized carbons (Fsp3) is 0.619. The van der Waals surface area contributed by atoms with Crippen LogP contribution in [0.25, 0.3) is 0 Å². The van der Waals surface area contributed by atoms with Gasteiger partial charge in [0.2, 0.25) is 5.91 Å². The molecule has 2 fully saturated rings. The van der Waals surface area contributed by atoms with E-state index in [4.69, 9.17) is 11.6 Å². The second-order valence-electron chi connectivity index (χ2n) is 7.59. The quantitative estimate of drug-likeness (QED) is 0.810. The summed E-state index contributed by atoms with van der Waals surface area (Å²) in [5, 5.41) is 3.59. The SMILES string of the molecule is CCCNC(=O)[C@@H](C1CCCC1)N1CCN(C(=O)c2ccccc2Cl)CC1. The third-order valence-corrected chi connectivity index (χ3v) is 6.09. The van der Waals surface area contributed by atoms with Gasteiger partial charge in [-0.05, 0) is 37.3 Å². The van der Waals surface area contributed by atoms with Gasteiger partial charge in [-0.3, -0.25) is 14.5 Å². The Morgan fingerprint density at radius 3 is 2.44 bits per heavy atom. The number of carbonyl (C=O) groups excluding carboxylic acids is 2. The number of carbonyl (C=O) groups is 2. The van der Waals surface area contributed by atoms with Gasteiger partial charge >= 0.3 is 0 Å². The van der Waals surface area contributed by atoms with E-state index in [1.54, 1.807) is 12.1 Å². The molecule has 1 heterocycles. The van der Waals surface area contributed by atoms with E-state index in [0.29, 0.717) is 29.6 Å². The van der Waals surface area contributed by atoms with E-state index in [2.05, 4.69) is 17.1 Å². The molecule has 148 valence electrons. The first-order chi connectivity index (χ1) is 13.1. The third kappa shape index (κ3) is 4.82. The van der Waals surface area contributed by atoms with Gasteiger partial charge in [-0.25, -0.2) is 0 Å². The summed E-state index contributed by atoms with van der Waals surface area (Å²) in [7, 11) is 0. The maximum absolute atomic E-state index is 12.8. The fourth-order valence-corrected chi connectivity index (χ4v) is 4.53. The number of benzene rings is 1. The summed E-state index contributed by atoms with van der Waals surface area (Å²) in [6, 6.07) is 7.13. The molecule has 6 heteroatoms. The lowest BCUT2D eigenvalue weighted by Gasteiger charge is -2.40. The minimum atomic E-state index is -0.0587. The van der Waals surface area contributed by atoms with Crippen molar-refractivity contribution < 1.29 is 9.59 Å². The average Bonchev–Trinajstić information content (AvgIpc) is 3.21. The van der Waals surface area contributed by atoms with E-state index < -0.39 is 0 Å². The Balaban J connectivity index is 1.64. The van der Waals surface area contributed by atoms with E-state index in [0.717, 1.165) is 38.9 Å². The van der Waals surface area contributed by atoms with Crippen molar-refractivity contribution in [2.45, 2.75) is 45.1 Å². The minimum absolute atomic E-state index is 0.0203. The van der Waals surface area contributed by atoms with Crippen LogP contribution in [-0.2, 0) is 4.79 Å². The number of rotatable bonds is 6. The van der Waals surface area contributed by atoms with Crippen molar-refractivity contribution in [3.8, 4) is 0 Å². The predicted molar refractivity (Wildman–Crippen MR) is 108 cm³/mol.